The van der Waals surface area contributed by atoms with Crippen LogP contribution in [0.4, 0.5) is 11.5 Å². The normalized spacial score (nSPS) is 10.5. The molecule has 2 rings (SSSR count). The summed E-state index contributed by atoms with van der Waals surface area (Å²) in [5.41, 5.74) is 7.50. The van der Waals surface area contributed by atoms with Crippen LogP contribution in [0.5, 0.6) is 11.6 Å². The van der Waals surface area contributed by atoms with Gasteiger partial charge >= 0.3 is 0 Å². The van der Waals surface area contributed by atoms with Gasteiger partial charge in [0.2, 0.25) is 5.88 Å². The highest BCUT2D eigenvalue weighted by Gasteiger charge is 2.10. The van der Waals surface area contributed by atoms with E-state index >= 15 is 0 Å². The van der Waals surface area contributed by atoms with Crippen LogP contribution in [0.25, 0.3) is 0 Å². The van der Waals surface area contributed by atoms with Crippen molar-refractivity contribution in [3.8, 4) is 11.6 Å². The molecule has 1 aromatic heterocycles. The molecule has 0 aliphatic heterocycles. The van der Waals surface area contributed by atoms with Gasteiger partial charge in [0.25, 0.3) is 0 Å². The first-order valence-electron chi connectivity index (χ1n) is 7.20. The van der Waals surface area contributed by atoms with Crippen LogP contribution >= 0.6 is 0 Å². The Balaban J connectivity index is 2.08. The van der Waals surface area contributed by atoms with Crippen LogP contribution in [0.1, 0.15) is 19.4 Å². The summed E-state index contributed by atoms with van der Waals surface area (Å²) in [7, 11) is 1.65. The zero-order valence-electron chi connectivity index (χ0n) is 13.2. The van der Waals surface area contributed by atoms with Gasteiger partial charge in [-0.05, 0) is 12.0 Å². The third-order valence-electron chi connectivity index (χ3n) is 3.04. The van der Waals surface area contributed by atoms with Crippen molar-refractivity contribution in [3.63, 3.8) is 0 Å². The first-order chi connectivity index (χ1) is 10.6. The maximum atomic E-state index is 6.06. The Hall–Kier alpha value is -2.50. The lowest BCUT2D eigenvalue weighted by molar-refractivity contribution is 0.262. The SMILES string of the molecule is COc1ccccc1CNc1ncnc(OCC(C)C)c1N. The predicted octanol–water partition coefficient (Wildman–Crippen LogP) is 2.71. The summed E-state index contributed by atoms with van der Waals surface area (Å²) in [5.74, 6) is 2.18. The Morgan fingerprint density at radius 3 is 2.73 bits per heavy atom. The molecule has 0 atom stereocenters. The maximum absolute atomic E-state index is 6.06. The topological polar surface area (TPSA) is 82.3 Å². The van der Waals surface area contributed by atoms with E-state index in [1.165, 1.54) is 6.33 Å². The molecule has 0 fully saturated rings. The summed E-state index contributed by atoms with van der Waals surface area (Å²) >= 11 is 0. The first kappa shape index (κ1) is 15.9. The number of hydrogen-bond acceptors (Lipinski definition) is 6. The number of para-hydroxylation sites is 1. The van der Waals surface area contributed by atoms with E-state index in [0.29, 0.717) is 36.5 Å². The number of benzene rings is 1. The summed E-state index contributed by atoms with van der Waals surface area (Å²) in [4.78, 5) is 8.25. The number of nitrogens with zero attached hydrogens (tertiary/aromatic N) is 2. The number of aromatic nitrogens is 2. The Bertz CT molecular complexity index is 617. The number of hydrogen-bond donors (Lipinski definition) is 2. The van der Waals surface area contributed by atoms with Crippen molar-refractivity contribution in [1.82, 2.24) is 9.97 Å². The Kier molecular flexibility index (Phi) is 5.41. The van der Waals surface area contributed by atoms with Crippen LogP contribution in [-0.4, -0.2) is 23.7 Å². The van der Waals surface area contributed by atoms with E-state index in [9.17, 15) is 0 Å². The zero-order chi connectivity index (χ0) is 15.9. The van der Waals surface area contributed by atoms with E-state index in [-0.39, 0.29) is 0 Å². The van der Waals surface area contributed by atoms with Crippen molar-refractivity contribution in [2.45, 2.75) is 20.4 Å². The molecule has 2 aromatic rings. The fraction of sp³-hybridized carbons (Fsp3) is 0.375. The summed E-state index contributed by atoms with van der Waals surface area (Å²) in [6, 6.07) is 7.79. The van der Waals surface area contributed by atoms with Crippen molar-refractivity contribution in [2.24, 2.45) is 5.92 Å². The van der Waals surface area contributed by atoms with Gasteiger partial charge in [-0.2, -0.15) is 4.98 Å². The molecule has 118 valence electrons. The number of methoxy groups -OCH3 is 1. The monoisotopic (exact) mass is 302 g/mol. The molecule has 22 heavy (non-hydrogen) atoms. The fourth-order valence-corrected chi connectivity index (χ4v) is 1.91. The number of nitrogen functional groups attached to an aromatic ring is 1. The smallest absolute Gasteiger partial charge is 0.242 e. The molecule has 0 radical (unpaired) electrons. The number of ether oxygens (including phenoxy) is 2. The van der Waals surface area contributed by atoms with E-state index in [0.717, 1.165) is 11.3 Å². The predicted molar refractivity (Wildman–Crippen MR) is 87.1 cm³/mol. The quantitative estimate of drug-likeness (QED) is 0.818. The molecule has 6 nitrogen and oxygen atoms in total. The van der Waals surface area contributed by atoms with Gasteiger partial charge in [0.15, 0.2) is 5.82 Å². The minimum absolute atomic E-state index is 0.402. The minimum atomic E-state index is 0.402. The molecule has 0 unspecified atom stereocenters. The summed E-state index contributed by atoms with van der Waals surface area (Å²) in [5, 5.41) is 3.20. The first-order valence-corrected chi connectivity index (χ1v) is 7.20. The van der Waals surface area contributed by atoms with E-state index in [4.69, 9.17) is 15.2 Å². The Morgan fingerprint density at radius 1 is 1.23 bits per heavy atom. The molecule has 0 spiro atoms. The molecule has 0 aliphatic rings. The molecule has 0 aliphatic carbocycles. The second kappa shape index (κ2) is 7.49. The van der Waals surface area contributed by atoms with Crippen molar-refractivity contribution in [3.05, 3.63) is 36.2 Å². The average molecular weight is 302 g/mol. The lowest BCUT2D eigenvalue weighted by Crippen LogP contribution is -2.11. The van der Waals surface area contributed by atoms with Gasteiger partial charge in [0.05, 0.1) is 13.7 Å². The fourth-order valence-electron chi connectivity index (χ4n) is 1.91. The van der Waals surface area contributed by atoms with Crippen LogP contribution < -0.4 is 20.5 Å². The highest BCUT2D eigenvalue weighted by atomic mass is 16.5. The maximum Gasteiger partial charge on any atom is 0.242 e. The molecule has 1 aromatic carbocycles. The van der Waals surface area contributed by atoms with Gasteiger partial charge in [-0.15, -0.1) is 0 Å². The van der Waals surface area contributed by atoms with Gasteiger partial charge < -0.3 is 20.5 Å². The van der Waals surface area contributed by atoms with Crippen LogP contribution in [0.3, 0.4) is 0 Å². The van der Waals surface area contributed by atoms with Gasteiger partial charge in [-0.1, -0.05) is 32.0 Å². The van der Waals surface area contributed by atoms with Gasteiger partial charge in [-0.3, -0.25) is 0 Å². The van der Waals surface area contributed by atoms with Crippen LogP contribution in [0, 0.1) is 5.92 Å². The van der Waals surface area contributed by atoms with Crippen molar-refractivity contribution in [2.75, 3.05) is 24.8 Å². The molecule has 0 saturated heterocycles. The lowest BCUT2D eigenvalue weighted by atomic mass is 10.2. The largest absolute Gasteiger partial charge is 0.496 e. The van der Waals surface area contributed by atoms with Gasteiger partial charge in [0.1, 0.15) is 17.8 Å². The molecular weight excluding hydrogens is 280 g/mol. The van der Waals surface area contributed by atoms with E-state index in [2.05, 4.69) is 29.1 Å². The summed E-state index contributed by atoms with van der Waals surface area (Å²) < 4.78 is 10.9. The second-order valence-corrected chi connectivity index (χ2v) is 5.31. The summed E-state index contributed by atoms with van der Waals surface area (Å²) in [6.07, 6.45) is 1.44. The molecule has 6 heteroatoms. The molecule has 0 amide bonds. The minimum Gasteiger partial charge on any atom is -0.496 e. The molecule has 0 bridgehead atoms. The van der Waals surface area contributed by atoms with E-state index < -0.39 is 0 Å². The molecular formula is C16H22N4O2. The summed E-state index contributed by atoms with van der Waals surface area (Å²) in [6.45, 7) is 5.25. The lowest BCUT2D eigenvalue weighted by Gasteiger charge is -2.14. The average Bonchev–Trinajstić information content (AvgIpc) is 2.53. The zero-order valence-corrected chi connectivity index (χ0v) is 13.2. The third kappa shape index (κ3) is 4.00. The van der Waals surface area contributed by atoms with E-state index in [1.54, 1.807) is 7.11 Å². The number of rotatable bonds is 7. The number of nitrogens with two attached hydrogens (primary N) is 1. The van der Waals surface area contributed by atoms with Crippen LogP contribution in [-0.2, 0) is 6.54 Å². The van der Waals surface area contributed by atoms with Crippen molar-refractivity contribution < 1.29 is 9.47 Å². The standard InChI is InChI=1S/C16H22N4O2/c1-11(2)9-22-16-14(17)15(19-10-20-16)18-8-12-6-4-5-7-13(12)21-3/h4-7,10-11H,8-9,17H2,1-3H3,(H,18,19,20). The third-order valence-corrected chi connectivity index (χ3v) is 3.04. The van der Waals surface area contributed by atoms with Crippen LogP contribution in [0.15, 0.2) is 30.6 Å². The number of nitrogens with one attached hydrogen (secondary N) is 1. The highest BCUT2D eigenvalue weighted by molar-refractivity contribution is 5.66. The van der Waals surface area contributed by atoms with Crippen molar-refractivity contribution in [1.29, 1.82) is 0 Å². The molecule has 0 saturated carbocycles. The molecule has 1 heterocycles. The van der Waals surface area contributed by atoms with Crippen molar-refractivity contribution >= 4 is 11.5 Å². The highest BCUT2D eigenvalue weighted by Crippen LogP contribution is 2.26. The van der Waals surface area contributed by atoms with E-state index in [1.807, 2.05) is 24.3 Å². The second-order valence-electron chi connectivity index (χ2n) is 5.31. The van der Waals surface area contributed by atoms with Gasteiger partial charge in [0, 0.05) is 12.1 Å². The molecule has 3 N–H and O–H groups in total. The number of anilines is 2. The Labute approximate surface area is 130 Å². The van der Waals surface area contributed by atoms with Crippen LogP contribution in [0.2, 0.25) is 0 Å². The Morgan fingerprint density at radius 2 is 2.00 bits per heavy atom. The van der Waals surface area contributed by atoms with Gasteiger partial charge in [-0.25, -0.2) is 4.98 Å².